The lowest BCUT2D eigenvalue weighted by molar-refractivity contribution is 0.451. The molecule has 1 aliphatic heterocycles. The van der Waals surface area contributed by atoms with Gasteiger partial charge in [-0.05, 0) is 49.9 Å². The van der Waals surface area contributed by atoms with Crippen LogP contribution in [0.2, 0.25) is 0 Å². The van der Waals surface area contributed by atoms with Gasteiger partial charge >= 0.3 is 0 Å². The number of rotatable bonds is 0. The largest absolute Gasteiger partial charge is 0.308 e. The van der Waals surface area contributed by atoms with Crippen LogP contribution >= 0.6 is 0 Å². The number of nitrogens with one attached hydrogen (secondary N) is 1. The summed E-state index contributed by atoms with van der Waals surface area (Å²) in [6, 6.07) is 0.975. The van der Waals surface area contributed by atoms with Gasteiger partial charge in [0.05, 0.1) is 0 Å². The van der Waals surface area contributed by atoms with Crippen molar-refractivity contribution in [1.82, 2.24) is 5.32 Å². The van der Waals surface area contributed by atoms with E-state index in [0.29, 0.717) is 5.54 Å². The Kier molecular flexibility index (Phi) is 0.706. The first-order valence-electron chi connectivity index (χ1n) is 5.14. The molecule has 0 aromatic rings. The van der Waals surface area contributed by atoms with E-state index in [0.717, 1.165) is 23.8 Å². The van der Waals surface area contributed by atoms with E-state index in [4.69, 9.17) is 0 Å². The van der Waals surface area contributed by atoms with Crippen molar-refractivity contribution < 1.29 is 0 Å². The fourth-order valence-corrected chi connectivity index (χ4v) is 3.72. The molecule has 1 nitrogen and oxygen atoms in total. The molecule has 1 heterocycles. The van der Waals surface area contributed by atoms with Gasteiger partial charge in [0.25, 0.3) is 0 Å². The van der Waals surface area contributed by atoms with Gasteiger partial charge in [0.1, 0.15) is 0 Å². The van der Waals surface area contributed by atoms with E-state index in [1.807, 2.05) is 0 Å². The lowest BCUT2D eigenvalue weighted by atomic mass is 9.97. The predicted molar refractivity (Wildman–Crippen MR) is 43.2 cm³/mol. The smallest absolute Gasteiger partial charge is 0.0188 e. The molecule has 0 radical (unpaired) electrons. The molecule has 1 saturated heterocycles. The van der Waals surface area contributed by atoms with E-state index in [-0.39, 0.29) is 0 Å². The van der Waals surface area contributed by atoms with Crippen LogP contribution in [0, 0.1) is 17.8 Å². The van der Waals surface area contributed by atoms with E-state index < -0.39 is 0 Å². The van der Waals surface area contributed by atoms with Crippen LogP contribution in [-0.4, -0.2) is 11.6 Å². The van der Waals surface area contributed by atoms with Gasteiger partial charge < -0.3 is 5.32 Å². The van der Waals surface area contributed by atoms with Crippen LogP contribution in [0.5, 0.6) is 0 Å². The molecule has 0 aromatic heterocycles. The van der Waals surface area contributed by atoms with E-state index in [9.17, 15) is 0 Å². The molecule has 0 bridgehead atoms. The van der Waals surface area contributed by atoms with Crippen LogP contribution in [0.1, 0.15) is 32.1 Å². The highest BCUT2D eigenvalue weighted by molar-refractivity contribution is 5.19. The second-order valence-electron chi connectivity index (χ2n) is 5.31. The van der Waals surface area contributed by atoms with Crippen LogP contribution in [0.3, 0.4) is 0 Å². The van der Waals surface area contributed by atoms with E-state index >= 15 is 0 Å². The van der Waals surface area contributed by atoms with Crippen molar-refractivity contribution in [1.29, 1.82) is 0 Å². The van der Waals surface area contributed by atoms with Gasteiger partial charge in [0.15, 0.2) is 0 Å². The molecule has 4 rings (SSSR count). The minimum Gasteiger partial charge on any atom is -0.308 e. The van der Waals surface area contributed by atoms with Crippen molar-refractivity contribution in [3.63, 3.8) is 0 Å². The first-order chi connectivity index (χ1) is 5.36. The molecule has 4 atom stereocenters. The first-order valence-corrected chi connectivity index (χ1v) is 5.14. The van der Waals surface area contributed by atoms with E-state index in [2.05, 4.69) is 5.32 Å². The summed E-state index contributed by atoms with van der Waals surface area (Å²) in [7, 11) is 0. The summed E-state index contributed by atoms with van der Waals surface area (Å²) >= 11 is 0. The third kappa shape index (κ3) is 0.581. The average Bonchev–Trinajstić information content (AvgIpc) is 2.75. The first kappa shape index (κ1) is 5.58. The third-order valence-electron chi connectivity index (χ3n) is 4.53. The maximum absolute atomic E-state index is 3.89. The van der Waals surface area contributed by atoms with Gasteiger partial charge in [-0.2, -0.15) is 0 Å². The van der Waals surface area contributed by atoms with Crippen LogP contribution in [0.4, 0.5) is 0 Å². The normalized spacial score (nSPS) is 61.1. The molecule has 0 aromatic carbocycles. The molecule has 1 heteroatoms. The molecular weight excluding hydrogens is 134 g/mol. The molecule has 1 N–H and O–H groups in total. The van der Waals surface area contributed by atoms with Crippen molar-refractivity contribution in [3.8, 4) is 0 Å². The van der Waals surface area contributed by atoms with Crippen LogP contribution < -0.4 is 5.32 Å². The monoisotopic (exact) mass is 149 g/mol. The Morgan fingerprint density at radius 1 is 1.09 bits per heavy atom. The van der Waals surface area contributed by atoms with E-state index in [1.54, 1.807) is 12.8 Å². The zero-order chi connectivity index (χ0) is 7.05. The summed E-state index contributed by atoms with van der Waals surface area (Å²) < 4.78 is 0. The Morgan fingerprint density at radius 3 is 2.73 bits per heavy atom. The molecule has 3 aliphatic carbocycles. The van der Waals surface area contributed by atoms with Crippen molar-refractivity contribution in [2.45, 2.75) is 43.7 Å². The fraction of sp³-hybridized carbons (Fsp3) is 1.00. The molecule has 4 aliphatic rings. The Bertz CT molecular complexity index is 219. The Morgan fingerprint density at radius 2 is 2.00 bits per heavy atom. The summed E-state index contributed by atoms with van der Waals surface area (Å²) in [5, 5.41) is 3.89. The topological polar surface area (TPSA) is 12.0 Å². The van der Waals surface area contributed by atoms with Gasteiger partial charge in [0, 0.05) is 11.6 Å². The van der Waals surface area contributed by atoms with Crippen LogP contribution in [0.25, 0.3) is 0 Å². The molecule has 4 fully saturated rings. The second-order valence-corrected chi connectivity index (χ2v) is 5.31. The number of hydrogen-bond donors (Lipinski definition) is 1. The minimum atomic E-state index is 0.697. The summed E-state index contributed by atoms with van der Waals surface area (Å²) in [4.78, 5) is 0. The van der Waals surface area contributed by atoms with E-state index in [1.165, 1.54) is 19.3 Å². The molecule has 3 saturated carbocycles. The number of fused-ring (bicyclic) bond motifs is 3. The third-order valence-corrected chi connectivity index (χ3v) is 4.53. The highest BCUT2D eigenvalue weighted by Crippen LogP contribution is 2.62. The fourth-order valence-electron chi connectivity index (χ4n) is 3.72. The molecule has 1 spiro atoms. The van der Waals surface area contributed by atoms with Gasteiger partial charge in [-0.3, -0.25) is 0 Å². The summed E-state index contributed by atoms with van der Waals surface area (Å²) in [6.07, 6.45) is 7.63. The second kappa shape index (κ2) is 1.39. The summed E-state index contributed by atoms with van der Waals surface area (Å²) in [5.41, 5.74) is 0.697. The zero-order valence-corrected chi connectivity index (χ0v) is 6.84. The summed E-state index contributed by atoms with van der Waals surface area (Å²) in [6.45, 7) is 0. The quantitative estimate of drug-likeness (QED) is 0.551. The Labute approximate surface area is 67.6 Å². The van der Waals surface area contributed by atoms with Gasteiger partial charge in [0.2, 0.25) is 0 Å². The standard InChI is InChI=1S/C10H15N/c1-2-10(1)5-7-3-6-4-8(6)9(7)11-10/h6-9,11H,1-5H2. The average molecular weight is 149 g/mol. The van der Waals surface area contributed by atoms with Gasteiger partial charge in [-0.15, -0.1) is 0 Å². The molecule has 0 amide bonds. The zero-order valence-electron chi connectivity index (χ0n) is 6.84. The van der Waals surface area contributed by atoms with Crippen molar-refractivity contribution in [2.75, 3.05) is 0 Å². The Balaban J connectivity index is 1.68. The lowest BCUT2D eigenvalue weighted by Gasteiger charge is -2.11. The van der Waals surface area contributed by atoms with Crippen molar-refractivity contribution in [3.05, 3.63) is 0 Å². The maximum Gasteiger partial charge on any atom is 0.0188 e. The lowest BCUT2D eigenvalue weighted by Crippen LogP contribution is -2.32. The highest BCUT2D eigenvalue weighted by atomic mass is 15.1. The van der Waals surface area contributed by atoms with Crippen molar-refractivity contribution in [2.24, 2.45) is 17.8 Å². The van der Waals surface area contributed by atoms with Crippen LogP contribution in [0.15, 0.2) is 0 Å². The molecule has 11 heavy (non-hydrogen) atoms. The highest BCUT2D eigenvalue weighted by Gasteiger charge is 2.62. The van der Waals surface area contributed by atoms with Crippen LogP contribution in [-0.2, 0) is 0 Å². The van der Waals surface area contributed by atoms with Crippen molar-refractivity contribution >= 4 is 0 Å². The number of hydrogen-bond acceptors (Lipinski definition) is 1. The maximum atomic E-state index is 3.89. The summed E-state index contributed by atoms with van der Waals surface area (Å²) in [5.74, 6) is 3.38. The minimum absolute atomic E-state index is 0.697. The molecular formula is C10H15N. The predicted octanol–water partition coefficient (Wildman–Crippen LogP) is 1.54. The SMILES string of the molecule is C1C2CC2C2NC3(CC3)CC12. The van der Waals surface area contributed by atoms with Gasteiger partial charge in [-0.25, -0.2) is 0 Å². The van der Waals surface area contributed by atoms with Gasteiger partial charge in [-0.1, -0.05) is 0 Å². The molecule has 60 valence electrons. The Hall–Kier alpha value is -0.0400. The molecule has 4 unspecified atom stereocenters.